The van der Waals surface area contributed by atoms with E-state index < -0.39 is 8.56 Å². The molecular formula is C21H42O2Si. The smallest absolute Gasteiger partial charge is 0.344 e. The molecule has 0 saturated heterocycles. The fourth-order valence-electron chi connectivity index (χ4n) is 4.60. The summed E-state index contributed by atoms with van der Waals surface area (Å²) in [7, 11) is -2.15. The molecule has 2 aliphatic carbocycles. The molecule has 1 atom stereocenters. The molecule has 2 rings (SSSR count). The maximum atomic E-state index is 6.93. The van der Waals surface area contributed by atoms with Crippen molar-refractivity contribution in [1.82, 2.24) is 0 Å². The molecule has 142 valence electrons. The molecule has 0 spiro atoms. The minimum absolute atomic E-state index is 0.227. The second-order valence-corrected chi connectivity index (χ2v) is 13.4. The van der Waals surface area contributed by atoms with E-state index in [0.29, 0.717) is 0 Å². The van der Waals surface area contributed by atoms with E-state index in [4.69, 9.17) is 8.85 Å². The van der Waals surface area contributed by atoms with Crippen LogP contribution in [0, 0.1) is 11.3 Å². The van der Waals surface area contributed by atoms with Gasteiger partial charge in [-0.15, -0.1) is 0 Å². The first-order valence-electron chi connectivity index (χ1n) is 10.7. The summed E-state index contributed by atoms with van der Waals surface area (Å²) in [6.45, 7) is 13.3. The predicted molar refractivity (Wildman–Crippen MR) is 106 cm³/mol. The van der Waals surface area contributed by atoms with Gasteiger partial charge in [-0.2, -0.15) is 0 Å². The zero-order valence-corrected chi connectivity index (χ0v) is 18.0. The Bertz CT molecular complexity index is 351. The fraction of sp³-hybridized carbons (Fsp3) is 1.00. The lowest BCUT2D eigenvalue weighted by Crippen LogP contribution is -2.54. The molecule has 0 bridgehead atoms. The van der Waals surface area contributed by atoms with Crippen molar-refractivity contribution in [2.24, 2.45) is 11.3 Å². The Morgan fingerprint density at radius 3 is 1.96 bits per heavy atom. The van der Waals surface area contributed by atoms with Crippen LogP contribution in [-0.2, 0) is 8.85 Å². The zero-order valence-electron chi connectivity index (χ0n) is 17.0. The number of rotatable bonds is 7. The summed E-state index contributed by atoms with van der Waals surface area (Å²) in [4.78, 5) is 0. The molecule has 0 amide bonds. The first-order valence-corrected chi connectivity index (χ1v) is 12.6. The van der Waals surface area contributed by atoms with Crippen LogP contribution in [0.3, 0.4) is 0 Å². The predicted octanol–water partition coefficient (Wildman–Crippen LogP) is 6.83. The monoisotopic (exact) mass is 354 g/mol. The average molecular weight is 355 g/mol. The van der Waals surface area contributed by atoms with Gasteiger partial charge < -0.3 is 8.85 Å². The van der Waals surface area contributed by atoms with Crippen molar-refractivity contribution in [1.29, 1.82) is 0 Å². The van der Waals surface area contributed by atoms with Crippen LogP contribution in [0.2, 0.25) is 11.1 Å². The third-order valence-electron chi connectivity index (χ3n) is 6.02. The summed E-state index contributed by atoms with van der Waals surface area (Å²) in [5.74, 6) is 0.896. The minimum Gasteiger partial charge on any atom is -0.394 e. The van der Waals surface area contributed by atoms with E-state index in [-0.39, 0.29) is 5.41 Å². The van der Waals surface area contributed by atoms with E-state index in [1.807, 2.05) is 0 Å². The second kappa shape index (κ2) is 9.18. The van der Waals surface area contributed by atoms with Crippen LogP contribution in [0.25, 0.3) is 0 Å². The highest BCUT2D eigenvalue weighted by molar-refractivity contribution is 6.70. The molecule has 0 aromatic carbocycles. The fourth-order valence-corrected chi connectivity index (χ4v) is 9.83. The van der Waals surface area contributed by atoms with Gasteiger partial charge in [-0.05, 0) is 43.4 Å². The van der Waals surface area contributed by atoms with Crippen LogP contribution in [0.1, 0.15) is 98.8 Å². The van der Waals surface area contributed by atoms with Crippen LogP contribution in [0.5, 0.6) is 0 Å². The van der Waals surface area contributed by atoms with Gasteiger partial charge in [0, 0.05) is 24.3 Å². The van der Waals surface area contributed by atoms with Gasteiger partial charge in [0.25, 0.3) is 0 Å². The quantitative estimate of drug-likeness (QED) is 0.466. The highest BCUT2D eigenvalue weighted by atomic mass is 28.4. The van der Waals surface area contributed by atoms with Gasteiger partial charge in [-0.3, -0.25) is 0 Å². The normalized spacial score (nSPS) is 29.4. The Morgan fingerprint density at radius 1 is 0.833 bits per heavy atom. The molecule has 24 heavy (non-hydrogen) atoms. The van der Waals surface area contributed by atoms with E-state index in [1.54, 1.807) is 0 Å². The van der Waals surface area contributed by atoms with Crippen LogP contribution in [-0.4, -0.2) is 21.8 Å². The molecule has 0 radical (unpaired) electrons. The third kappa shape index (κ3) is 5.57. The Kier molecular flexibility index (Phi) is 7.82. The lowest BCUT2D eigenvalue weighted by molar-refractivity contribution is 0.0940. The molecular weight excluding hydrogens is 312 g/mol. The summed E-state index contributed by atoms with van der Waals surface area (Å²) in [6.07, 6.45) is 13.4. The van der Waals surface area contributed by atoms with Crippen molar-refractivity contribution in [2.45, 2.75) is 110 Å². The molecule has 0 aromatic heterocycles. The summed E-state index contributed by atoms with van der Waals surface area (Å²) < 4.78 is 13.7. The third-order valence-corrected chi connectivity index (χ3v) is 10.7. The number of hydrogen-bond donors (Lipinski definition) is 0. The van der Waals surface area contributed by atoms with Gasteiger partial charge >= 0.3 is 8.56 Å². The summed E-state index contributed by atoms with van der Waals surface area (Å²) in [6, 6.07) is 0. The lowest BCUT2D eigenvalue weighted by Gasteiger charge is -2.47. The molecule has 3 heteroatoms. The molecule has 0 aliphatic heterocycles. The van der Waals surface area contributed by atoms with Gasteiger partial charge in [0.1, 0.15) is 0 Å². The van der Waals surface area contributed by atoms with E-state index in [1.165, 1.54) is 57.8 Å². The molecule has 2 fully saturated rings. The van der Waals surface area contributed by atoms with E-state index in [2.05, 4.69) is 34.6 Å². The first kappa shape index (κ1) is 20.4. The van der Waals surface area contributed by atoms with E-state index >= 15 is 0 Å². The van der Waals surface area contributed by atoms with Crippen molar-refractivity contribution in [3.63, 3.8) is 0 Å². The van der Waals surface area contributed by atoms with Gasteiger partial charge in [-0.25, -0.2) is 0 Å². The standard InChI is InChI=1S/C21H42O2Si/c1-6-16-22-24(23-17-21(3,4)5,19-10-8-7-9-11-19)20-14-12-18(2)13-15-20/h18-20H,6-17H2,1-5H3. The molecule has 1 unspecified atom stereocenters. The average Bonchev–Trinajstić information content (AvgIpc) is 2.56. The summed E-state index contributed by atoms with van der Waals surface area (Å²) >= 11 is 0. The van der Waals surface area contributed by atoms with Crippen molar-refractivity contribution in [3.05, 3.63) is 0 Å². The summed E-state index contributed by atoms with van der Waals surface area (Å²) in [5.41, 5.74) is 1.69. The van der Waals surface area contributed by atoms with Crippen LogP contribution in [0.4, 0.5) is 0 Å². The molecule has 2 aliphatic rings. The van der Waals surface area contributed by atoms with Crippen LogP contribution < -0.4 is 0 Å². The van der Waals surface area contributed by atoms with Crippen LogP contribution in [0.15, 0.2) is 0 Å². The lowest BCUT2D eigenvalue weighted by atomic mass is 9.90. The Labute approximate surface area is 152 Å². The van der Waals surface area contributed by atoms with Gasteiger partial charge in [0.15, 0.2) is 0 Å². The zero-order chi connectivity index (χ0) is 17.6. The van der Waals surface area contributed by atoms with E-state index in [9.17, 15) is 0 Å². The molecule has 2 saturated carbocycles. The van der Waals surface area contributed by atoms with Crippen molar-refractivity contribution in [3.8, 4) is 0 Å². The molecule has 0 aromatic rings. The van der Waals surface area contributed by atoms with Gasteiger partial charge in [0.2, 0.25) is 0 Å². The maximum Gasteiger partial charge on any atom is 0.344 e. The van der Waals surface area contributed by atoms with Crippen LogP contribution >= 0.6 is 0 Å². The van der Waals surface area contributed by atoms with Gasteiger partial charge in [-0.1, -0.05) is 66.7 Å². The van der Waals surface area contributed by atoms with Gasteiger partial charge in [0.05, 0.1) is 0 Å². The highest BCUT2D eigenvalue weighted by Gasteiger charge is 2.53. The first-order chi connectivity index (χ1) is 11.4. The number of hydrogen-bond acceptors (Lipinski definition) is 2. The molecule has 2 nitrogen and oxygen atoms in total. The Balaban J connectivity index is 2.22. The van der Waals surface area contributed by atoms with E-state index in [0.717, 1.165) is 36.6 Å². The topological polar surface area (TPSA) is 18.5 Å². The van der Waals surface area contributed by atoms with Crippen molar-refractivity contribution >= 4 is 8.56 Å². The Morgan fingerprint density at radius 2 is 1.42 bits per heavy atom. The van der Waals surface area contributed by atoms with Crippen molar-refractivity contribution < 1.29 is 8.85 Å². The highest BCUT2D eigenvalue weighted by Crippen LogP contribution is 2.50. The largest absolute Gasteiger partial charge is 0.394 e. The minimum atomic E-state index is -2.15. The SMILES string of the molecule is CCCO[Si](OCC(C)(C)C)(C1CCCCC1)C1CCC(C)CC1. The Hall–Kier alpha value is 0.137. The summed E-state index contributed by atoms with van der Waals surface area (Å²) in [5, 5.41) is 0. The second-order valence-electron chi connectivity index (χ2n) is 9.71. The van der Waals surface area contributed by atoms with Crippen molar-refractivity contribution in [2.75, 3.05) is 13.2 Å². The maximum absolute atomic E-state index is 6.93. The molecule has 0 N–H and O–H groups in total. The molecule has 0 heterocycles.